The van der Waals surface area contributed by atoms with Crippen molar-refractivity contribution in [1.29, 1.82) is 0 Å². The summed E-state index contributed by atoms with van der Waals surface area (Å²) in [4.78, 5) is 9.40. The van der Waals surface area contributed by atoms with Gasteiger partial charge in [0, 0.05) is 48.4 Å². The molecule has 128 valence electrons. The highest BCUT2D eigenvalue weighted by Crippen LogP contribution is 2.12. The molecular formula is C18H36N4. The van der Waals surface area contributed by atoms with Gasteiger partial charge in [-0.05, 0) is 67.5 Å². The van der Waals surface area contributed by atoms with E-state index in [0.717, 1.165) is 51.9 Å². The Morgan fingerprint density at radius 1 is 0.727 bits per heavy atom. The smallest absolute Gasteiger partial charge is 0.0406 e. The molecule has 1 aliphatic heterocycles. The molecule has 0 aromatic rings. The topological polar surface area (TPSA) is 48.8 Å². The van der Waals surface area contributed by atoms with E-state index in [0.29, 0.717) is 0 Å². The third-order valence-electron chi connectivity index (χ3n) is 4.04. The van der Waals surface area contributed by atoms with Crippen molar-refractivity contribution in [2.45, 2.75) is 78.3 Å². The van der Waals surface area contributed by atoms with E-state index < -0.39 is 0 Å². The van der Waals surface area contributed by atoms with Crippen LogP contribution in [0.25, 0.3) is 0 Å². The zero-order chi connectivity index (χ0) is 16.6. The quantitative estimate of drug-likeness (QED) is 0.722. The predicted octanol–water partition coefficient (Wildman–Crippen LogP) is 3.22. The fraction of sp³-hybridized carbons (Fsp3) is 0.889. The monoisotopic (exact) mass is 308 g/mol. The average molecular weight is 309 g/mol. The Labute approximate surface area is 137 Å². The molecule has 22 heavy (non-hydrogen) atoms. The van der Waals surface area contributed by atoms with Crippen LogP contribution in [0.2, 0.25) is 0 Å². The third-order valence-corrected chi connectivity index (χ3v) is 4.04. The zero-order valence-electron chi connectivity index (χ0n) is 15.6. The van der Waals surface area contributed by atoms with Crippen LogP contribution in [0.15, 0.2) is 9.98 Å². The number of hydrogen-bond acceptors (Lipinski definition) is 4. The minimum absolute atomic E-state index is 0.120. The van der Waals surface area contributed by atoms with Crippen molar-refractivity contribution < 1.29 is 0 Å². The maximum Gasteiger partial charge on any atom is 0.0406 e. The SMILES string of the molecule is CC1=NCCCN=C(C)CC(C)(C)NCCCNC(C)(C)C1. The lowest BCUT2D eigenvalue weighted by Gasteiger charge is -2.29. The molecule has 0 spiro atoms. The molecule has 0 bridgehead atoms. The molecule has 1 aliphatic rings. The first kappa shape index (κ1) is 19.3. The number of nitrogens with one attached hydrogen (secondary N) is 2. The number of aliphatic imine (C=N–C) groups is 2. The van der Waals surface area contributed by atoms with Crippen LogP contribution in [0, 0.1) is 0 Å². The summed E-state index contributed by atoms with van der Waals surface area (Å²) in [5.41, 5.74) is 2.72. The summed E-state index contributed by atoms with van der Waals surface area (Å²) in [5.74, 6) is 0. The molecular weight excluding hydrogens is 272 g/mol. The zero-order valence-corrected chi connectivity index (χ0v) is 15.6. The summed E-state index contributed by atoms with van der Waals surface area (Å²) < 4.78 is 0. The van der Waals surface area contributed by atoms with Gasteiger partial charge in [-0.1, -0.05) is 0 Å². The fourth-order valence-corrected chi connectivity index (χ4v) is 3.07. The van der Waals surface area contributed by atoms with Crippen LogP contribution in [0.5, 0.6) is 0 Å². The molecule has 0 aromatic carbocycles. The standard InChI is InChI=1S/C18H36N4/c1-15-13-17(3,4)21-11-8-12-22-18(5,6)14-16(2)20-10-7-9-19-15/h21-22H,7-14H2,1-6H3. The molecule has 0 radical (unpaired) electrons. The molecule has 1 heterocycles. The van der Waals surface area contributed by atoms with Gasteiger partial charge >= 0.3 is 0 Å². The van der Waals surface area contributed by atoms with Gasteiger partial charge in [0.2, 0.25) is 0 Å². The molecule has 0 atom stereocenters. The first-order valence-corrected chi connectivity index (χ1v) is 8.70. The largest absolute Gasteiger partial charge is 0.311 e. The van der Waals surface area contributed by atoms with Crippen molar-refractivity contribution >= 4 is 11.4 Å². The lowest BCUT2D eigenvalue weighted by Crippen LogP contribution is -2.44. The van der Waals surface area contributed by atoms with Crippen LogP contribution in [0.1, 0.15) is 67.2 Å². The van der Waals surface area contributed by atoms with Crippen molar-refractivity contribution in [3.05, 3.63) is 0 Å². The van der Waals surface area contributed by atoms with Crippen molar-refractivity contribution in [3.8, 4) is 0 Å². The Kier molecular flexibility index (Phi) is 7.70. The molecule has 0 fully saturated rings. The van der Waals surface area contributed by atoms with E-state index in [-0.39, 0.29) is 11.1 Å². The Hall–Kier alpha value is -0.740. The summed E-state index contributed by atoms with van der Waals surface area (Å²) in [6.07, 6.45) is 4.19. The molecule has 0 saturated carbocycles. The predicted molar refractivity (Wildman–Crippen MR) is 98.6 cm³/mol. The number of hydrogen-bond donors (Lipinski definition) is 2. The maximum atomic E-state index is 4.70. The van der Waals surface area contributed by atoms with Gasteiger partial charge in [-0.15, -0.1) is 0 Å². The fourth-order valence-electron chi connectivity index (χ4n) is 3.07. The Morgan fingerprint density at radius 2 is 1.14 bits per heavy atom. The molecule has 0 amide bonds. The van der Waals surface area contributed by atoms with Gasteiger partial charge in [-0.3, -0.25) is 9.98 Å². The van der Waals surface area contributed by atoms with Crippen LogP contribution in [-0.4, -0.2) is 48.7 Å². The molecule has 4 heteroatoms. The summed E-state index contributed by atoms with van der Waals surface area (Å²) >= 11 is 0. The van der Waals surface area contributed by atoms with Gasteiger partial charge < -0.3 is 10.6 Å². The van der Waals surface area contributed by atoms with E-state index in [9.17, 15) is 0 Å². The summed E-state index contributed by atoms with van der Waals surface area (Å²) in [5, 5.41) is 7.33. The lowest BCUT2D eigenvalue weighted by atomic mass is 9.96. The van der Waals surface area contributed by atoms with Crippen LogP contribution in [0.4, 0.5) is 0 Å². The molecule has 0 unspecified atom stereocenters. The second-order valence-corrected chi connectivity index (χ2v) is 7.92. The minimum Gasteiger partial charge on any atom is -0.311 e. The molecule has 2 N–H and O–H groups in total. The highest BCUT2D eigenvalue weighted by molar-refractivity contribution is 5.83. The van der Waals surface area contributed by atoms with E-state index in [1.165, 1.54) is 11.4 Å². The van der Waals surface area contributed by atoms with Gasteiger partial charge in [0.25, 0.3) is 0 Å². The lowest BCUT2D eigenvalue weighted by molar-refractivity contribution is 0.368. The molecule has 4 nitrogen and oxygen atoms in total. The summed E-state index contributed by atoms with van der Waals surface area (Å²) in [6.45, 7) is 17.2. The molecule has 1 rings (SSSR count). The Bertz CT molecular complexity index is 358. The van der Waals surface area contributed by atoms with Gasteiger partial charge in [-0.25, -0.2) is 0 Å². The summed E-state index contributed by atoms with van der Waals surface area (Å²) in [7, 11) is 0. The van der Waals surface area contributed by atoms with Gasteiger partial charge in [0.1, 0.15) is 0 Å². The van der Waals surface area contributed by atoms with Crippen molar-refractivity contribution in [1.82, 2.24) is 10.6 Å². The van der Waals surface area contributed by atoms with Crippen LogP contribution in [-0.2, 0) is 0 Å². The second kappa shape index (κ2) is 8.78. The van der Waals surface area contributed by atoms with Crippen molar-refractivity contribution in [2.75, 3.05) is 26.2 Å². The average Bonchev–Trinajstić information content (AvgIpc) is 2.35. The van der Waals surface area contributed by atoms with Gasteiger partial charge in [-0.2, -0.15) is 0 Å². The van der Waals surface area contributed by atoms with Crippen LogP contribution in [0.3, 0.4) is 0 Å². The van der Waals surface area contributed by atoms with Crippen LogP contribution < -0.4 is 10.6 Å². The van der Waals surface area contributed by atoms with Crippen molar-refractivity contribution in [2.24, 2.45) is 9.98 Å². The highest BCUT2D eigenvalue weighted by atomic mass is 15.0. The van der Waals surface area contributed by atoms with E-state index in [4.69, 9.17) is 9.98 Å². The maximum absolute atomic E-state index is 4.70. The van der Waals surface area contributed by atoms with E-state index >= 15 is 0 Å². The van der Waals surface area contributed by atoms with Crippen molar-refractivity contribution in [3.63, 3.8) is 0 Å². The Morgan fingerprint density at radius 3 is 1.55 bits per heavy atom. The highest BCUT2D eigenvalue weighted by Gasteiger charge is 2.19. The Balaban J connectivity index is 2.68. The van der Waals surface area contributed by atoms with Gasteiger partial charge in [0.05, 0.1) is 0 Å². The summed E-state index contributed by atoms with van der Waals surface area (Å²) in [6, 6.07) is 0. The molecule has 0 aliphatic carbocycles. The molecule has 0 saturated heterocycles. The van der Waals surface area contributed by atoms with Crippen LogP contribution >= 0.6 is 0 Å². The second-order valence-electron chi connectivity index (χ2n) is 7.92. The van der Waals surface area contributed by atoms with E-state index in [2.05, 4.69) is 52.2 Å². The minimum atomic E-state index is 0.120. The number of nitrogens with zero attached hydrogens (tertiary/aromatic N) is 2. The first-order valence-electron chi connectivity index (χ1n) is 8.70. The third kappa shape index (κ3) is 8.64. The normalized spacial score (nSPS) is 25.2. The number of rotatable bonds is 0. The first-order chi connectivity index (χ1) is 10.2. The van der Waals surface area contributed by atoms with E-state index in [1.807, 2.05) is 0 Å². The van der Waals surface area contributed by atoms with E-state index in [1.54, 1.807) is 0 Å². The molecule has 0 aromatic heterocycles. The van der Waals surface area contributed by atoms with Gasteiger partial charge in [0.15, 0.2) is 0 Å².